The Morgan fingerprint density at radius 2 is 0.909 bits per heavy atom. The molecule has 1 rings (SSSR count). The fraction of sp³-hybridized carbons (Fsp3) is 1.00. The monoisotopic (exact) mass is 312 g/mol. The number of hydrogen-bond donors (Lipinski definition) is 4. The molecule has 4 unspecified atom stereocenters. The van der Waals surface area contributed by atoms with Crippen molar-refractivity contribution in [1.82, 2.24) is 21.3 Å². The maximum absolute atomic E-state index is 3.73. The zero-order chi connectivity index (χ0) is 17.0. The van der Waals surface area contributed by atoms with Crippen molar-refractivity contribution in [3.63, 3.8) is 0 Å². The molecule has 0 aliphatic carbocycles. The first-order valence-corrected chi connectivity index (χ1v) is 9.01. The van der Waals surface area contributed by atoms with Gasteiger partial charge in [-0.3, -0.25) is 0 Å². The smallest absolute Gasteiger partial charge is 0.0166 e. The molecule has 4 N–H and O–H groups in total. The lowest BCUT2D eigenvalue weighted by Crippen LogP contribution is -2.55. The summed E-state index contributed by atoms with van der Waals surface area (Å²) in [4.78, 5) is 0. The highest BCUT2D eigenvalue weighted by atomic mass is 15.1. The van der Waals surface area contributed by atoms with Gasteiger partial charge in [0.2, 0.25) is 0 Å². The van der Waals surface area contributed by atoms with Crippen LogP contribution in [0.3, 0.4) is 0 Å². The normalized spacial score (nSPS) is 38.2. The van der Waals surface area contributed by atoms with E-state index in [1.165, 1.54) is 0 Å². The molecular weight excluding hydrogens is 272 g/mol. The first-order valence-electron chi connectivity index (χ1n) is 9.01. The Labute approximate surface area is 138 Å². The fourth-order valence-corrected chi connectivity index (χ4v) is 3.74. The first-order chi connectivity index (χ1) is 9.99. The molecule has 0 aromatic rings. The van der Waals surface area contributed by atoms with Gasteiger partial charge in [-0.05, 0) is 68.2 Å². The lowest BCUT2D eigenvalue weighted by molar-refractivity contribution is 0.253. The van der Waals surface area contributed by atoms with E-state index >= 15 is 0 Å². The van der Waals surface area contributed by atoms with Gasteiger partial charge in [0, 0.05) is 48.3 Å². The molecule has 0 aromatic heterocycles. The third-order valence-corrected chi connectivity index (χ3v) is 4.54. The quantitative estimate of drug-likeness (QED) is 0.554. The van der Waals surface area contributed by atoms with Crippen LogP contribution in [0, 0.1) is 0 Å². The molecule has 132 valence electrons. The molecule has 0 amide bonds. The highest BCUT2D eigenvalue weighted by Gasteiger charge is 2.25. The van der Waals surface area contributed by atoms with Gasteiger partial charge in [-0.1, -0.05) is 0 Å². The van der Waals surface area contributed by atoms with Crippen LogP contribution in [0.2, 0.25) is 0 Å². The molecule has 4 nitrogen and oxygen atoms in total. The van der Waals surface area contributed by atoms with Crippen molar-refractivity contribution >= 4 is 0 Å². The molecule has 0 radical (unpaired) electrons. The largest absolute Gasteiger partial charge is 0.310 e. The molecule has 0 saturated carbocycles. The first kappa shape index (κ1) is 19.9. The van der Waals surface area contributed by atoms with Crippen LogP contribution in [0.4, 0.5) is 0 Å². The standard InChI is InChI=1S/C18H40N4/c1-13-9-17(5,6)19-12-16(4)22-14(2)10-18(7,8)20-11-15(3)21-13/h13-16,19-22H,9-12H2,1-8H3. The Kier molecular flexibility index (Phi) is 7.31. The predicted octanol–water partition coefficient (Wildman–Crippen LogP) is 2.25. The minimum atomic E-state index is 0.155. The molecule has 0 aromatic carbocycles. The Hall–Kier alpha value is -0.160. The molecule has 4 heteroatoms. The molecule has 4 atom stereocenters. The molecule has 22 heavy (non-hydrogen) atoms. The van der Waals surface area contributed by atoms with Crippen LogP contribution < -0.4 is 21.3 Å². The second-order valence-corrected chi connectivity index (χ2v) is 8.88. The molecular formula is C18H40N4. The van der Waals surface area contributed by atoms with Gasteiger partial charge in [0.05, 0.1) is 0 Å². The minimum Gasteiger partial charge on any atom is -0.310 e. The summed E-state index contributed by atoms with van der Waals surface area (Å²) in [5, 5.41) is 14.9. The van der Waals surface area contributed by atoms with Crippen LogP contribution in [0.5, 0.6) is 0 Å². The average molecular weight is 313 g/mol. The maximum atomic E-state index is 3.73. The van der Waals surface area contributed by atoms with Crippen molar-refractivity contribution in [2.45, 2.75) is 103 Å². The lowest BCUT2D eigenvalue weighted by atomic mass is 9.93. The predicted molar refractivity (Wildman–Crippen MR) is 97.5 cm³/mol. The van der Waals surface area contributed by atoms with Crippen molar-refractivity contribution in [1.29, 1.82) is 0 Å². The summed E-state index contributed by atoms with van der Waals surface area (Å²) in [5.74, 6) is 0. The molecule has 1 fully saturated rings. The van der Waals surface area contributed by atoms with Gasteiger partial charge < -0.3 is 21.3 Å². The van der Waals surface area contributed by atoms with E-state index < -0.39 is 0 Å². The van der Waals surface area contributed by atoms with Gasteiger partial charge >= 0.3 is 0 Å². The summed E-state index contributed by atoms with van der Waals surface area (Å²) in [7, 11) is 0. The number of hydrogen-bond acceptors (Lipinski definition) is 4. The van der Waals surface area contributed by atoms with E-state index in [-0.39, 0.29) is 11.1 Å². The lowest BCUT2D eigenvalue weighted by Gasteiger charge is -2.36. The van der Waals surface area contributed by atoms with E-state index in [1.54, 1.807) is 0 Å². The molecule has 1 aliphatic rings. The minimum absolute atomic E-state index is 0.155. The van der Waals surface area contributed by atoms with Gasteiger partial charge in [-0.15, -0.1) is 0 Å². The molecule has 0 bridgehead atoms. The summed E-state index contributed by atoms with van der Waals surface area (Å²) in [6, 6.07) is 1.98. The van der Waals surface area contributed by atoms with Crippen LogP contribution >= 0.6 is 0 Å². The van der Waals surface area contributed by atoms with Crippen LogP contribution in [-0.2, 0) is 0 Å². The zero-order valence-electron chi connectivity index (χ0n) is 16.1. The number of rotatable bonds is 0. The van der Waals surface area contributed by atoms with E-state index in [0.717, 1.165) is 25.9 Å². The van der Waals surface area contributed by atoms with Gasteiger partial charge in [0.25, 0.3) is 0 Å². The van der Waals surface area contributed by atoms with Crippen molar-refractivity contribution in [3.05, 3.63) is 0 Å². The van der Waals surface area contributed by atoms with Crippen LogP contribution in [0.25, 0.3) is 0 Å². The summed E-state index contributed by atoms with van der Waals surface area (Å²) >= 11 is 0. The van der Waals surface area contributed by atoms with Crippen molar-refractivity contribution in [2.24, 2.45) is 0 Å². The third kappa shape index (κ3) is 7.91. The van der Waals surface area contributed by atoms with Gasteiger partial charge in [-0.2, -0.15) is 0 Å². The summed E-state index contributed by atoms with van der Waals surface area (Å²) in [6.45, 7) is 20.4. The van der Waals surface area contributed by atoms with Crippen LogP contribution in [-0.4, -0.2) is 48.3 Å². The van der Waals surface area contributed by atoms with E-state index in [2.05, 4.69) is 76.7 Å². The van der Waals surface area contributed by atoms with Crippen molar-refractivity contribution in [3.8, 4) is 0 Å². The Morgan fingerprint density at radius 1 is 0.591 bits per heavy atom. The Bertz CT molecular complexity index is 295. The van der Waals surface area contributed by atoms with Crippen molar-refractivity contribution < 1.29 is 0 Å². The summed E-state index contributed by atoms with van der Waals surface area (Å²) in [5.41, 5.74) is 0.310. The Balaban J connectivity index is 2.74. The zero-order valence-corrected chi connectivity index (χ0v) is 16.1. The Morgan fingerprint density at radius 3 is 1.23 bits per heavy atom. The molecule has 1 heterocycles. The topological polar surface area (TPSA) is 48.1 Å². The molecule has 1 aliphatic heterocycles. The van der Waals surface area contributed by atoms with Crippen LogP contribution in [0.1, 0.15) is 68.2 Å². The molecule has 1 saturated heterocycles. The van der Waals surface area contributed by atoms with Crippen LogP contribution in [0.15, 0.2) is 0 Å². The van der Waals surface area contributed by atoms with Gasteiger partial charge in [0.1, 0.15) is 0 Å². The summed E-state index contributed by atoms with van der Waals surface area (Å²) < 4.78 is 0. The van der Waals surface area contributed by atoms with E-state index in [4.69, 9.17) is 0 Å². The van der Waals surface area contributed by atoms with E-state index in [1.807, 2.05) is 0 Å². The van der Waals surface area contributed by atoms with Gasteiger partial charge in [0.15, 0.2) is 0 Å². The SMILES string of the molecule is CC1CNC(C)(C)CC(C)NC(C)CNC(C)(C)CC(C)N1. The van der Waals surface area contributed by atoms with E-state index in [9.17, 15) is 0 Å². The highest BCUT2D eigenvalue weighted by molar-refractivity contribution is 4.89. The van der Waals surface area contributed by atoms with Gasteiger partial charge in [-0.25, -0.2) is 0 Å². The average Bonchev–Trinajstić information content (AvgIpc) is 2.31. The van der Waals surface area contributed by atoms with E-state index in [0.29, 0.717) is 24.2 Å². The van der Waals surface area contributed by atoms with Crippen molar-refractivity contribution in [2.75, 3.05) is 13.1 Å². The second kappa shape index (κ2) is 8.09. The molecule has 0 spiro atoms. The fourth-order valence-electron chi connectivity index (χ4n) is 3.74. The summed E-state index contributed by atoms with van der Waals surface area (Å²) in [6.07, 6.45) is 2.26. The number of nitrogens with one attached hydrogen (secondary N) is 4. The highest BCUT2D eigenvalue weighted by Crippen LogP contribution is 2.15. The second-order valence-electron chi connectivity index (χ2n) is 8.88. The third-order valence-electron chi connectivity index (χ3n) is 4.54. The maximum Gasteiger partial charge on any atom is 0.0166 e.